The number of carbonyl (C=O) groups is 1. The highest BCUT2D eigenvalue weighted by molar-refractivity contribution is 5.94. The van der Waals surface area contributed by atoms with Crippen molar-refractivity contribution in [1.29, 1.82) is 0 Å². The molecule has 1 atom stereocenters. The van der Waals surface area contributed by atoms with Crippen molar-refractivity contribution in [3.8, 4) is 5.88 Å². The lowest BCUT2D eigenvalue weighted by molar-refractivity contribution is 0.0369. The number of amides is 1. The Bertz CT molecular complexity index is 788. The average molecular weight is 338 g/mol. The Kier molecular flexibility index (Phi) is 4.17. The number of nitrogens with zero attached hydrogens (tertiary/aromatic N) is 1. The number of aliphatic hydroxyl groups is 1. The normalized spacial score (nSPS) is 22.1. The van der Waals surface area contributed by atoms with Crippen molar-refractivity contribution in [2.75, 3.05) is 6.54 Å². The van der Waals surface area contributed by atoms with E-state index in [0.717, 1.165) is 30.4 Å². The first-order valence-corrected chi connectivity index (χ1v) is 8.86. The number of aromatic nitrogens is 1. The second-order valence-electron chi connectivity index (χ2n) is 6.92. The monoisotopic (exact) mass is 338 g/mol. The summed E-state index contributed by atoms with van der Waals surface area (Å²) in [6.45, 7) is 0.198. The third kappa shape index (κ3) is 3.24. The van der Waals surface area contributed by atoms with Gasteiger partial charge in [0.15, 0.2) is 0 Å². The zero-order valence-electron chi connectivity index (χ0n) is 14.1. The Morgan fingerprint density at radius 2 is 2.16 bits per heavy atom. The number of ether oxygens (including phenoxy) is 1. The van der Waals surface area contributed by atoms with Gasteiger partial charge in [-0.25, -0.2) is 4.98 Å². The van der Waals surface area contributed by atoms with Gasteiger partial charge in [0.1, 0.15) is 11.7 Å². The minimum Gasteiger partial charge on any atom is -0.474 e. The van der Waals surface area contributed by atoms with Crippen LogP contribution in [0.4, 0.5) is 0 Å². The van der Waals surface area contributed by atoms with Crippen LogP contribution in [0, 0.1) is 0 Å². The van der Waals surface area contributed by atoms with E-state index in [0.29, 0.717) is 17.9 Å². The first-order valence-electron chi connectivity index (χ1n) is 8.86. The van der Waals surface area contributed by atoms with Crippen LogP contribution >= 0.6 is 0 Å². The molecule has 1 heterocycles. The summed E-state index contributed by atoms with van der Waals surface area (Å²) in [6.07, 6.45) is 6.54. The standard InChI is InChI=1S/C20H22N2O3/c23-19(15-9-11-21-18(12-15)25-16-5-3-6-16)22-13-20(24)10-8-14-4-1-2-7-17(14)20/h1-2,4,7,9,11-12,16,24H,3,5-6,8,10,13H2,(H,22,23). The molecule has 0 radical (unpaired) electrons. The summed E-state index contributed by atoms with van der Waals surface area (Å²) < 4.78 is 5.74. The molecule has 5 heteroatoms. The number of nitrogens with one attached hydrogen (secondary N) is 1. The van der Waals surface area contributed by atoms with E-state index in [1.165, 1.54) is 6.42 Å². The fourth-order valence-electron chi connectivity index (χ4n) is 3.46. The van der Waals surface area contributed by atoms with Gasteiger partial charge >= 0.3 is 0 Å². The lowest BCUT2D eigenvalue weighted by Gasteiger charge is -2.26. The molecule has 1 saturated carbocycles. The zero-order valence-corrected chi connectivity index (χ0v) is 14.1. The number of carbonyl (C=O) groups excluding carboxylic acids is 1. The van der Waals surface area contributed by atoms with Crippen LogP contribution in [0.15, 0.2) is 42.6 Å². The van der Waals surface area contributed by atoms with E-state index >= 15 is 0 Å². The SMILES string of the molecule is O=C(NCC1(O)CCc2ccccc21)c1ccnc(OC2CCC2)c1. The van der Waals surface area contributed by atoms with Gasteiger partial charge in [-0.1, -0.05) is 24.3 Å². The third-order valence-corrected chi connectivity index (χ3v) is 5.20. The van der Waals surface area contributed by atoms with Crippen LogP contribution in [0.2, 0.25) is 0 Å². The van der Waals surface area contributed by atoms with E-state index in [9.17, 15) is 9.90 Å². The number of rotatable bonds is 5. The van der Waals surface area contributed by atoms with Crippen LogP contribution in [0.3, 0.4) is 0 Å². The highest BCUT2D eigenvalue weighted by Crippen LogP contribution is 2.36. The Hall–Kier alpha value is -2.40. The van der Waals surface area contributed by atoms with Crippen molar-refractivity contribution in [3.63, 3.8) is 0 Å². The molecule has 2 N–H and O–H groups in total. The largest absolute Gasteiger partial charge is 0.474 e. The third-order valence-electron chi connectivity index (χ3n) is 5.20. The molecule has 25 heavy (non-hydrogen) atoms. The predicted molar refractivity (Wildman–Crippen MR) is 93.5 cm³/mol. The maximum atomic E-state index is 12.5. The number of pyridine rings is 1. The molecular formula is C20H22N2O3. The second-order valence-corrected chi connectivity index (χ2v) is 6.92. The fraction of sp³-hybridized carbons (Fsp3) is 0.400. The van der Waals surface area contributed by atoms with Crippen LogP contribution in [-0.4, -0.2) is 28.6 Å². The minimum absolute atomic E-state index is 0.198. The van der Waals surface area contributed by atoms with Gasteiger partial charge in [0.2, 0.25) is 5.88 Å². The lowest BCUT2D eigenvalue weighted by atomic mass is 9.96. The second kappa shape index (κ2) is 6.48. The Balaban J connectivity index is 1.41. The summed E-state index contributed by atoms with van der Waals surface area (Å²) in [6, 6.07) is 11.2. The van der Waals surface area contributed by atoms with Gasteiger partial charge in [-0.05, 0) is 49.3 Å². The van der Waals surface area contributed by atoms with E-state index in [-0.39, 0.29) is 18.6 Å². The van der Waals surface area contributed by atoms with Crippen LogP contribution in [0.25, 0.3) is 0 Å². The molecular weight excluding hydrogens is 316 g/mol. The summed E-state index contributed by atoms with van der Waals surface area (Å²) in [5.74, 6) is 0.265. The van der Waals surface area contributed by atoms with Gasteiger partial charge in [0.05, 0.1) is 6.54 Å². The molecule has 1 unspecified atom stereocenters. The van der Waals surface area contributed by atoms with Crippen molar-refractivity contribution in [2.45, 2.75) is 43.8 Å². The van der Waals surface area contributed by atoms with Gasteiger partial charge in [-0.3, -0.25) is 4.79 Å². The molecule has 0 bridgehead atoms. The van der Waals surface area contributed by atoms with Crippen molar-refractivity contribution in [1.82, 2.24) is 10.3 Å². The van der Waals surface area contributed by atoms with Gasteiger partial charge in [-0.2, -0.15) is 0 Å². The van der Waals surface area contributed by atoms with Crippen molar-refractivity contribution in [3.05, 3.63) is 59.3 Å². The summed E-state index contributed by atoms with van der Waals surface area (Å²) >= 11 is 0. The van der Waals surface area contributed by atoms with Crippen LogP contribution < -0.4 is 10.1 Å². The summed E-state index contributed by atoms with van der Waals surface area (Å²) in [5.41, 5.74) is 1.57. The van der Waals surface area contributed by atoms with E-state index in [4.69, 9.17) is 4.74 Å². The highest BCUT2D eigenvalue weighted by Gasteiger charge is 2.36. The average Bonchev–Trinajstić information content (AvgIpc) is 2.94. The molecule has 0 aliphatic heterocycles. The van der Waals surface area contributed by atoms with Crippen LogP contribution in [0.1, 0.15) is 47.2 Å². The summed E-state index contributed by atoms with van der Waals surface area (Å²) in [5, 5.41) is 13.8. The molecule has 5 nitrogen and oxygen atoms in total. The van der Waals surface area contributed by atoms with Crippen molar-refractivity contribution in [2.24, 2.45) is 0 Å². The number of hydrogen-bond acceptors (Lipinski definition) is 4. The molecule has 4 rings (SSSR count). The number of hydrogen-bond donors (Lipinski definition) is 2. The Morgan fingerprint density at radius 1 is 1.32 bits per heavy atom. The molecule has 2 aliphatic rings. The molecule has 1 aromatic carbocycles. The van der Waals surface area contributed by atoms with E-state index in [2.05, 4.69) is 10.3 Å². The molecule has 1 aromatic heterocycles. The van der Waals surface area contributed by atoms with E-state index in [1.807, 2.05) is 24.3 Å². The summed E-state index contributed by atoms with van der Waals surface area (Å²) in [4.78, 5) is 16.6. The Morgan fingerprint density at radius 3 is 2.96 bits per heavy atom. The van der Waals surface area contributed by atoms with Gasteiger partial charge in [-0.15, -0.1) is 0 Å². The van der Waals surface area contributed by atoms with Crippen LogP contribution in [0.5, 0.6) is 5.88 Å². The number of aryl methyl sites for hydroxylation is 1. The molecule has 130 valence electrons. The molecule has 1 fully saturated rings. The van der Waals surface area contributed by atoms with Gasteiger partial charge in [0.25, 0.3) is 5.91 Å². The smallest absolute Gasteiger partial charge is 0.251 e. The van der Waals surface area contributed by atoms with E-state index < -0.39 is 5.60 Å². The quantitative estimate of drug-likeness (QED) is 0.879. The highest BCUT2D eigenvalue weighted by atomic mass is 16.5. The van der Waals surface area contributed by atoms with Crippen molar-refractivity contribution < 1.29 is 14.6 Å². The number of fused-ring (bicyclic) bond motifs is 1. The fourth-order valence-corrected chi connectivity index (χ4v) is 3.46. The van der Waals surface area contributed by atoms with Gasteiger partial charge in [0, 0.05) is 17.8 Å². The molecule has 2 aliphatic carbocycles. The molecule has 1 amide bonds. The lowest BCUT2D eigenvalue weighted by Crippen LogP contribution is -2.39. The number of benzene rings is 1. The first-order chi connectivity index (χ1) is 12.1. The topological polar surface area (TPSA) is 71.5 Å². The molecule has 0 saturated heterocycles. The maximum absolute atomic E-state index is 12.5. The maximum Gasteiger partial charge on any atom is 0.251 e. The molecule has 2 aromatic rings. The van der Waals surface area contributed by atoms with Crippen molar-refractivity contribution >= 4 is 5.91 Å². The molecule has 0 spiro atoms. The predicted octanol–water partition coefficient (Wildman–Crippen LogP) is 2.58. The Labute approximate surface area is 147 Å². The van der Waals surface area contributed by atoms with Crippen LogP contribution in [-0.2, 0) is 12.0 Å². The zero-order chi connectivity index (χ0) is 17.3. The first kappa shape index (κ1) is 16.1. The van der Waals surface area contributed by atoms with Gasteiger partial charge < -0.3 is 15.2 Å². The minimum atomic E-state index is -0.995. The van der Waals surface area contributed by atoms with E-state index in [1.54, 1.807) is 18.3 Å². The summed E-state index contributed by atoms with van der Waals surface area (Å²) in [7, 11) is 0.